The van der Waals surface area contributed by atoms with E-state index >= 15 is 0 Å². The van der Waals surface area contributed by atoms with Crippen LogP contribution in [-0.4, -0.2) is 37.1 Å². The molecule has 2 rings (SSSR count). The van der Waals surface area contributed by atoms with Gasteiger partial charge in [0.15, 0.2) is 5.96 Å². The first kappa shape index (κ1) is 25.5. The number of amides is 1. The zero-order chi connectivity index (χ0) is 20.4. The van der Waals surface area contributed by atoms with E-state index in [1.54, 1.807) is 0 Å². The largest absolute Gasteiger partial charge is 0.490 e. The predicted molar refractivity (Wildman–Crippen MR) is 130 cm³/mol. The van der Waals surface area contributed by atoms with Crippen molar-refractivity contribution in [1.82, 2.24) is 16.0 Å². The van der Waals surface area contributed by atoms with Gasteiger partial charge in [0, 0.05) is 31.1 Å². The van der Waals surface area contributed by atoms with Gasteiger partial charge < -0.3 is 20.7 Å². The van der Waals surface area contributed by atoms with Gasteiger partial charge >= 0.3 is 0 Å². The number of aliphatic imine (C=N–C) groups is 1. The summed E-state index contributed by atoms with van der Waals surface area (Å²) in [6.07, 6.45) is 5.53. The van der Waals surface area contributed by atoms with Crippen LogP contribution in [0.5, 0.6) is 5.75 Å². The summed E-state index contributed by atoms with van der Waals surface area (Å²) < 4.78 is 6.27. The maximum atomic E-state index is 11.8. The summed E-state index contributed by atoms with van der Waals surface area (Å²) in [7, 11) is 0. The topological polar surface area (TPSA) is 74.8 Å². The second-order valence-electron chi connectivity index (χ2n) is 7.73. The van der Waals surface area contributed by atoms with E-state index in [1.807, 2.05) is 20.8 Å². The molecule has 0 unspecified atom stereocenters. The number of hydrogen-bond acceptors (Lipinski definition) is 3. The highest BCUT2D eigenvalue weighted by atomic mass is 127. The summed E-state index contributed by atoms with van der Waals surface area (Å²) in [4.78, 5) is 16.5. The predicted octanol–water partition coefficient (Wildman–Crippen LogP) is 3.90. The van der Waals surface area contributed by atoms with E-state index in [0.717, 1.165) is 30.7 Å². The number of carbonyl (C=O) groups excluding carboxylic acids is 1. The van der Waals surface area contributed by atoms with Crippen LogP contribution >= 0.6 is 24.0 Å². The molecule has 0 radical (unpaired) electrons. The molecule has 1 saturated carbocycles. The molecule has 0 spiro atoms. The minimum Gasteiger partial charge on any atom is -0.490 e. The molecule has 3 N–H and O–H groups in total. The van der Waals surface area contributed by atoms with Gasteiger partial charge in [-0.25, -0.2) is 4.99 Å². The molecule has 164 valence electrons. The first-order valence-electron chi connectivity index (χ1n) is 10.6. The first-order chi connectivity index (χ1) is 13.5. The van der Waals surface area contributed by atoms with Gasteiger partial charge in [-0.15, -0.1) is 24.0 Å². The summed E-state index contributed by atoms with van der Waals surface area (Å²) in [6, 6.07) is 6.47. The zero-order valence-corrected chi connectivity index (χ0v) is 20.5. The van der Waals surface area contributed by atoms with Crippen molar-refractivity contribution >= 4 is 35.8 Å². The van der Waals surface area contributed by atoms with E-state index < -0.39 is 0 Å². The van der Waals surface area contributed by atoms with Crippen LogP contribution in [0.25, 0.3) is 0 Å². The summed E-state index contributed by atoms with van der Waals surface area (Å²) >= 11 is 0. The van der Waals surface area contributed by atoms with Crippen LogP contribution in [0.1, 0.15) is 64.0 Å². The lowest BCUT2D eigenvalue weighted by Gasteiger charge is -2.17. The van der Waals surface area contributed by atoms with E-state index in [1.165, 1.54) is 18.4 Å². The molecule has 1 aliphatic rings. The van der Waals surface area contributed by atoms with Crippen molar-refractivity contribution in [2.45, 2.75) is 78.5 Å². The molecule has 1 aromatic rings. The smallest absolute Gasteiger partial charge is 0.221 e. The normalized spacial score (nSPS) is 14.4. The standard InChI is InChI=1S/C22H36N4O2.HI/c1-5-23-22(24-13-12-21(27)26-16(2)3)25-15-18-11-10-17(4)14-20(18)28-19-8-6-7-9-19;/h10-11,14,16,19H,5-9,12-13,15H2,1-4H3,(H,26,27)(H2,23,24,25);1H. The Kier molecular flexibility index (Phi) is 12.0. The van der Waals surface area contributed by atoms with Crippen molar-refractivity contribution in [3.8, 4) is 5.75 Å². The van der Waals surface area contributed by atoms with Gasteiger partial charge in [0.05, 0.1) is 12.6 Å². The third-order valence-corrected chi connectivity index (χ3v) is 4.66. The summed E-state index contributed by atoms with van der Waals surface area (Å²) in [6.45, 7) is 9.89. The molecule has 0 atom stereocenters. The van der Waals surface area contributed by atoms with Crippen molar-refractivity contribution < 1.29 is 9.53 Å². The van der Waals surface area contributed by atoms with Crippen LogP contribution in [0.15, 0.2) is 23.2 Å². The Hall–Kier alpha value is -1.51. The van der Waals surface area contributed by atoms with Crippen LogP contribution in [0.4, 0.5) is 0 Å². The molecule has 1 aliphatic carbocycles. The summed E-state index contributed by atoms with van der Waals surface area (Å²) in [5.41, 5.74) is 2.29. The number of benzene rings is 1. The van der Waals surface area contributed by atoms with E-state index in [-0.39, 0.29) is 35.9 Å². The number of guanidine groups is 1. The highest BCUT2D eigenvalue weighted by Gasteiger charge is 2.18. The Morgan fingerprint density at radius 1 is 1.24 bits per heavy atom. The molecule has 0 aliphatic heterocycles. The minimum absolute atomic E-state index is 0. The SMILES string of the molecule is CCNC(=NCc1ccc(C)cc1OC1CCCC1)NCCC(=O)NC(C)C.I. The van der Waals surface area contributed by atoms with Gasteiger partial charge in [-0.05, 0) is 65.0 Å². The van der Waals surface area contributed by atoms with Gasteiger partial charge in [0.2, 0.25) is 5.91 Å². The van der Waals surface area contributed by atoms with Crippen LogP contribution in [0.2, 0.25) is 0 Å². The molecule has 1 fully saturated rings. The number of halogens is 1. The average molecular weight is 516 g/mol. The maximum Gasteiger partial charge on any atom is 0.221 e. The van der Waals surface area contributed by atoms with Gasteiger partial charge in [-0.2, -0.15) is 0 Å². The molecular formula is C22H37IN4O2. The van der Waals surface area contributed by atoms with Crippen molar-refractivity contribution in [1.29, 1.82) is 0 Å². The fraction of sp³-hybridized carbons (Fsp3) is 0.636. The van der Waals surface area contributed by atoms with Crippen LogP contribution in [0.3, 0.4) is 0 Å². The summed E-state index contributed by atoms with van der Waals surface area (Å²) in [5.74, 6) is 1.71. The van der Waals surface area contributed by atoms with Crippen molar-refractivity contribution in [3.05, 3.63) is 29.3 Å². The van der Waals surface area contributed by atoms with Crippen molar-refractivity contribution in [2.75, 3.05) is 13.1 Å². The molecule has 6 nitrogen and oxygen atoms in total. The summed E-state index contributed by atoms with van der Waals surface area (Å²) in [5, 5.41) is 9.37. The first-order valence-corrected chi connectivity index (χ1v) is 10.6. The lowest BCUT2D eigenvalue weighted by molar-refractivity contribution is -0.121. The Balaban J connectivity index is 0.00000420. The van der Waals surface area contributed by atoms with E-state index in [0.29, 0.717) is 31.6 Å². The van der Waals surface area contributed by atoms with E-state index in [2.05, 4.69) is 46.1 Å². The molecule has 0 heterocycles. The highest BCUT2D eigenvalue weighted by molar-refractivity contribution is 14.0. The van der Waals surface area contributed by atoms with Crippen LogP contribution in [0, 0.1) is 6.92 Å². The average Bonchev–Trinajstić information content (AvgIpc) is 3.13. The number of hydrogen-bond donors (Lipinski definition) is 3. The van der Waals surface area contributed by atoms with E-state index in [4.69, 9.17) is 4.74 Å². The Morgan fingerprint density at radius 3 is 2.62 bits per heavy atom. The Labute approximate surface area is 192 Å². The second kappa shape index (κ2) is 13.7. The zero-order valence-electron chi connectivity index (χ0n) is 18.2. The molecule has 7 heteroatoms. The molecule has 1 amide bonds. The number of nitrogens with zero attached hydrogens (tertiary/aromatic N) is 1. The van der Waals surface area contributed by atoms with Gasteiger partial charge in [-0.3, -0.25) is 4.79 Å². The second-order valence-corrected chi connectivity index (χ2v) is 7.73. The molecule has 0 saturated heterocycles. The lowest BCUT2D eigenvalue weighted by Crippen LogP contribution is -2.40. The van der Waals surface area contributed by atoms with Crippen molar-refractivity contribution in [3.63, 3.8) is 0 Å². The maximum absolute atomic E-state index is 11.8. The third kappa shape index (κ3) is 9.69. The van der Waals surface area contributed by atoms with E-state index in [9.17, 15) is 4.79 Å². The lowest BCUT2D eigenvalue weighted by atomic mass is 10.1. The third-order valence-electron chi connectivity index (χ3n) is 4.66. The minimum atomic E-state index is 0. The van der Waals surface area contributed by atoms with Gasteiger partial charge in [0.1, 0.15) is 5.75 Å². The number of ether oxygens (including phenoxy) is 1. The quantitative estimate of drug-likeness (QED) is 0.265. The Morgan fingerprint density at radius 2 is 1.97 bits per heavy atom. The molecular weight excluding hydrogens is 479 g/mol. The number of nitrogens with one attached hydrogen (secondary N) is 3. The molecule has 1 aromatic carbocycles. The van der Waals surface area contributed by atoms with Gasteiger partial charge in [-0.1, -0.05) is 12.1 Å². The number of aryl methyl sites for hydroxylation is 1. The molecule has 0 bridgehead atoms. The monoisotopic (exact) mass is 516 g/mol. The van der Waals surface area contributed by atoms with Crippen molar-refractivity contribution in [2.24, 2.45) is 4.99 Å². The highest BCUT2D eigenvalue weighted by Crippen LogP contribution is 2.28. The Bertz CT molecular complexity index is 658. The molecule has 29 heavy (non-hydrogen) atoms. The fourth-order valence-electron chi connectivity index (χ4n) is 3.28. The molecule has 0 aromatic heterocycles. The van der Waals surface area contributed by atoms with Gasteiger partial charge in [0.25, 0.3) is 0 Å². The number of rotatable bonds is 9. The van der Waals surface area contributed by atoms with Crippen LogP contribution in [-0.2, 0) is 11.3 Å². The van der Waals surface area contributed by atoms with Crippen LogP contribution < -0.4 is 20.7 Å². The fourth-order valence-corrected chi connectivity index (χ4v) is 3.28. The number of carbonyl (C=O) groups is 1.